The van der Waals surface area contributed by atoms with E-state index >= 15 is 0 Å². The molecule has 1 amide bonds. The lowest BCUT2D eigenvalue weighted by molar-refractivity contribution is -0.145. The zero-order valence-corrected chi connectivity index (χ0v) is 25.5. The number of tetrazole rings is 1. The van der Waals surface area contributed by atoms with Gasteiger partial charge in [0.15, 0.2) is 15.6 Å². The van der Waals surface area contributed by atoms with Crippen LogP contribution in [0.4, 0.5) is 13.2 Å². The zero-order chi connectivity index (χ0) is 32.7. The van der Waals surface area contributed by atoms with Crippen molar-refractivity contribution < 1.29 is 31.2 Å². The van der Waals surface area contributed by atoms with Crippen LogP contribution in [0.1, 0.15) is 55.5 Å². The van der Waals surface area contributed by atoms with Gasteiger partial charge in [0.1, 0.15) is 17.9 Å². The average Bonchev–Trinajstić information content (AvgIpc) is 3.68. The van der Waals surface area contributed by atoms with E-state index < -0.39 is 46.1 Å². The van der Waals surface area contributed by atoms with E-state index in [0.29, 0.717) is 10.4 Å². The maximum Gasteiger partial charge on any atom is 0.455 e. The number of rotatable bonds is 8. The lowest BCUT2D eigenvalue weighted by atomic mass is 9.93. The first-order valence-corrected chi connectivity index (χ1v) is 15.7. The third kappa shape index (κ3) is 7.00. The molecule has 1 aliphatic rings. The SMILES string of the molecule is Cc1cc(C#N)cc(C(=O)NC2CCS(=O)(=O)C2)c1CC(=O)c1cc(Cn2nnc(C(F)(F)F)n2)nn1-c1c(Cl)cccc1Cl. The summed E-state index contributed by atoms with van der Waals surface area (Å²) >= 11 is 12.8. The van der Waals surface area contributed by atoms with Gasteiger partial charge in [-0.05, 0) is 60.0 Å². The lowest BCUT2D eigenvalue weighted by Gasteiger charge is -2.16. The van der Waals surface area contributed by atoms with Gasteiger partial charge in [-0.1, -0.05) is 29.3 Å². The van der Waals surface area contributed by atoms with Crippen LogP contribution in [-0.4, -0.2) is 67.6 Å². The molecule has 0 radical (unpaired) electrons. The maximum atomic E-state index is 13.9. The third-order valence-corrected chi connectivity index (χ3v) is 9.33. The molecule has 2 aromatic heterocycles. The number of nitrogens with one attached hydrogen (secondary N) is 1. The Balaban J connectivity index is 1.53. The number of Topliss-reactive ketones (excluding diaryl/α,β-unsaturated/α-hetero) is 1. The number of ketones is 1. The molecule has 1 atom stereocenters. The van der Waals surface area contributed by atoms with Crippen LogP contribution < -0.4 is 5.32 Å². The normalized spacial score (nSPS) is 16.0. The number of hydrogen-bond acceptors (Lipinski definition) is 9. The standard InChI is InChI=1S/C27H21Cl2F3N8O4S/c1-14-7-15(11-33)8-19(25(42)34-16-5-6-45(43,44)13-16)18(14)10-23(41)22-9-17(12-39-37-26(35-38-39)27(30,31)32)36-40(22)24-20(28)3-2-4-21(24)29/h2-4,7-9,16H,5-6,10,12-13H2,1H3,(H,34,42). The first kappa shape index (κ1) is 32.1. The lowest BCUT2D eigenvalue weighted by Crippen LogP contribution is -2.36. The van der Waals surface area contributed by atoms with Crippen molar-refractivity contribution in [1.29, 1.82) is 5.26 Å². The summed E-state index contributed by atoms with van der Waals surface area (Å²) in [5, 5.41) is 26.5. The summed E-state index contributed by atoms with van der Waals surface area (Å²) in [7, 11) is -3.30. The molecular weight excluding hydrogens is 660 g/mol. The van der Waals surface area contributed by atoms with Gasteiger partial charge in [-0.2, -0.15) is 28.3 Å². The van der Waals surface area contributed by atoms with Gasteiger partial charge in [0, 0.05) is 18.0 Å². The number of halogens is 5. The summed E-state index contributed by atoms with van der Waals surface area (Å²) in [5.41, 5.74) is 0.990. The zero-order valence-electron chi connectivity index (χ0n) is 23.1. The number of amides is 1. The van der Waals surface area contributed by atoms with Crippen molar-refractivity contribution in [1.82, 2.24) is 35.3 Å². The van der Waals surface area contributed by atoms with Crippen molar-refractivity contribution in [3.05, 3.63) is 85.9 Å². The molecule has 1 N–H and O–H groups in total. The molecule has 0 aliphatic carbocycles. The van der Waals surface area contributed by atoms with Crippen molar-refractivity contribution in [2.45, 2.75) is 38.5 Å². The highest BCUT2D eigenvalue weighted by molar-refractivity contribution is 7.91. The summed E-state index contributed by atoms with van der Waals surface area (Å²) in [6.45, 7) is 1.22. The van der Waals surface area contributed by atoms with E-state index in [1.165, 1.54) is 30.3 Å². The number of para-hydroxylation sites is 1. The Morgan fingerprint density at radius 1 is 1.16 bits per heavy atom. The van der Waals surface area contributed by atoms with Crippen LogP contribution in [0.25, 0.3) is 5.69 Å². The van der Waals surface area contributed by atoms with Crippen LogP contribution in [0, 0.1) is 18.3 Å². The molecule has 1 aliphatic heterocycles. The van der Waals surface area contributed by atoms with E-state index in [1.54, 1.807) is 13.0 Å². The molecule has 3 heterocycles. The van der Waals surface area contributed by atoms with Crippen molar-refractivity contribution in [3.63, 3.8) is 0 Å². The molecule has 4 aromatic rings. The van der Waals surface area contributed by atoms with Gasteiger partial charge < -0.3 is 5.32 Å². The van der Waals surface area contributed by atoms with Crippen LogP contribution in [0.5, 0.6) is 0 Å². The smallest absolute Gasteiger partial charge is 0.348 e. The van der Waals surface area contributed by atoms with Crippen molar-refractivity contribution in [2.75, 3.05) is 11.5 Å². The highest BCUT2D eigenvalue weighted by atomic mass is 35.5. The molecule has 0 saturated carbocycles. The van der Waals surface area contributed by atoms with Crippen LogP contribution in [0.15, 0.2) is 36.4 Å². The molecule has 1 fully saturated rings. The Morgan fingerprint density at radius 2 is 1.87 bits per heavy atom. The van der Waals surface area contributed by atoms with Gasteiger partial charge in [-0.3, -0.25) is 9.59 Å². The predicted octanol–water partition coefficient (Wildman–Crippen LogP) is 3.76. The van der Waals surface area contributed by atoms with E-state index in [-0.39, 0.29) is 68.2 Å². The van der Waals surface area contributed by atoms with Gasteiger partial charge in [-0.15, -0.1) is 10.2 Å². The number of carbonyl (C=O) groups excluding carboxylic acids is 2. The van der Waals surface area contributed by atoms with Gasteiger partial charge in [0.25, 0.3) is 11.7 Å². The van der Waals surface area contributed by atoms with E-state index in [2.05, 4.69) is 25.8 Å². The molecule has 0 spiro atoms. The minimum absolute atomic E-state index is 0.0118. The molecule has 12 nitrogen and oxygen atoms in total. The number of nitrogens with zero attached hydrogens (tertiary/aromatic N) is 7. The van der Waals surface area contributed by atoms with Crippen LogP contribution in [0.2, 0.25) is 10.0 Å². The highest BCUT2D eigenvalue weighted by Crippen LogP contribution is 2.31. The van der Waals surface area contributed by atoms with Crippen LogP contribution >= 0.6 is 23.2 Å². The van der Waals surface area contributed by atoms with Crippen LogP contribution in [0.3, 0.4) is 0 Å². The fraction of sp³-hybridized carbons (Fsp3) is 0.296. The number of aryl methyl sites for hydroxylation is 1. The van der Waals surface area contributed by atoms with Gasteiger partial charge >= 0.3 is 6.18 Å². The Labute approximate surface area is 263 Å². The quantitative estimate of drug-likeness (QED) is 0.273. The molecule has 2 aromatic carbocycles. The number of benzene rings is 2. The second kappa shape index (κ2) is 12.2. The Kier molecular flexibility index (Phi) is 8.71. The second-order valence-electron chi connectivity index (χ2n) is 10.2. The van der Waals surface area contributed by atoms with Gasteiger partial charge in [-0.25, -0.2) is 13.1 Å². The fourth-order valence-electron chi connectivity index (χ4n) is 4.88. The molecule has 18 heteroatoms. The molecule has 1 saturated heterocycles. The van der Waals surface area contributed by atoms with E-state index in [4.69, 9.17) is 23.2 Å². The fourth-order valence-corrected chi connectivity index (χ4v) is 7.11. The first-order valence-electron chi connectivity index (χ1n) is 13.1. The average molecular weight is 681 g/mol. The number of nitriles is 1. The minimum Gasteiger partial charge on any atom is -0.348 e. The van der Waals surface area contributed by atoms with E-state index in [0.717, 1.165) is 4.68 Å². The predicted molar refractivity (Wildman–Crippen MR) is 154 cm³/mol. The number of sulfone groups is 1. The molecular formula is C27H21Cl2F3N8O4S. The summed E-state index contributed by atoms with van der Waals surface area (Å²) in [4.78, 5) is 27.9. The third-order valence-electron chi connectivity index (χ3n) is 6.96. The van der Waals surface area contributed by atoms with Crippen LogP contribution in [-0.2, 0) is 29.0 Å². The first-order chi connectivity index (χ1) is 21.1. The largest absolute Gasteiger partial charge is 0.455 e. The summed E-state index contributed by atoms with van der Waals surface area (Å²) in [6.07, 6.45) is -4.97. The van der Waals surface area contributed by atoms with E-state index in [1.807, 2.05) is 6.07 Å². The number of hydrogen-bond donors (Lipinski definition) is 1. The Morgan fingerprint density at radius 3 is 2.47 bits per heavy atom. The van der Waals surface area contributed by atoms with E-state index in [9.17, 15) is 36.4 Å². The maximum absolute atomic E-state index is 13.9. The molecule has 234 valence electrons. The topological polar surface area (TPSA) is 166 Å². The Hall–Kier alpha value is -4.33. The Bertz CT molecular complexity index is 1970. The minimum atomic E-state index is -4.82. The second-order valence-corrected chi connectivity index (χ2v) is 13.3. The monoisotopic (exact) mass is 680 g/mol. The number of aromatic nitrogens is 6. The van der Waals surface area contributed by atoms with Crippen molar-refractivity contribution in [3.8, 4) is 11.8 Å². The highest BCUT2D eigenvalue weighted by Gasteiger charge is 2.37. The number of carbonyl (C=O) groups is 2. The summed E-state index contributed by atoms with van der Waals surface area (Å²) in [5.74, 6) is -2.99. The summed E-state index contributed by atoms with van der Waals surface area (Å²) < 4.78 is 64.0. The molecule has 0 bridgehead atoms. The molecule has 1 unspecified atom stereocenters. The van der Waals surface area contributed by atoms with Gasteiger partial charge in [0.2, 0.25) is 0 Å². The summed E-state index contributed by atoms with van der Waals surface area (Å²) in [6, 6.07) is 10.0. The molecule has 5 rings (SSSR count). The van der Waals surface area contributed by atoms with Gasteiger partial charge in [0.05, 0.1) is 38.9 Å². The van der Waals surface area contributed by atoms with Crippen molar-refractivity contribution in [2.24, 2.45) is 0 Å². The molecule has 45 heavy (non-hydrogen) atoms. The van der Waals surface area contributed by atoms with Crippen molar-refractivity contribution >= 4 is 44.7 Å². The number of alkyl halides is 3.